The van der Waals surface area contributed by atoms with Gasteiger partial charge in [0.2, 0.25) is 11.7 Å². The van der Waals surface area contributed by atoms with Crippen LogP contribution in [0.4, 0.5) is 20.7 Å². The van der Waals surface area contributed by atoms with Gasteiger partial charge in [-0.2, -0.15) is 0 Å². The third-order valence-corrected chi connectivity index (χ3v) is 6.42. The second-order valence-corrected chi connectivity index (χ2v) is 10.7. The van der Waals surface area contributed by atoms with Crippen molar-refractivity contribution in [2.24, 2.45) is 5.16 Å². The maximum atomic E-state index is 13.5. The van der Waals surface area contributed by atoms with E-state index in [-0.39, 0.29) is 33.9 Å². The number of rotatable bonds is 7. The van der Waals surface area contributed by atoms with E-state index in [4.69, 9.17) is 9.37 Å². The van der Waals surface area contributed by atoms with Gasteiger partial charge in [0, 0.05) is 11.7 Å². The van der Waals surface area contributed by atoms with Gasteiger partial charge in [0.05, 0.1) is 10.5 Å². The molecular formula is C20H27BrFN7O5S. The van der Waals surface area contributed by atoms with E-state index in [0.29, 0.717) is 31.4 Å². The number of carbonyl (C=O) groups excluding carboxylic acids is 1. The maximum absolute atomic E-state index is 13.5. The molecule has 1 unspecified atom stereocenters. The normalized spacial score (nSPS) is 19.7. The largest absolute Gasteiger partial charge is 0.573 e. The van der Waals surface area contributed by atoms with Crippen LogP contribution in [0.25, 0.3) is 0 Å². The van der Waals surface area contributed by atoms with E-state index in [1.165, 1.54) is 18.2 Å². The summed E-state index contributed by atoms with van der Waals surface area (Å²) in [7, 11) is 0. The molecule has 15 heteroatoms. The number of carbonyl (C=O) groups is 1. The molecule has 1 aromatic carbocycles. The van der Waals surface area contributed by atoms with Crippen LogP contribution >= 0.6 is 15.9 Å². The van der Waals surface area contributed by atoms with Crippen molar-refractivity contribution >= 4 is 50.9 Å². The second kappa shape index (κ2) is 11.9. The Morgan fingerprint density at radius 1 is 1.29 bits per heavy atom. The van der Waals surface area contributed by atoms with Crippen molar-refractivity contribution in [3.8, 4) is 0 Å². The molecule has 2 aromatic rings. The van der Waals surface area contributed by atoms with Crippen molar-refractivity contribution in [2.75, 3.05) is 10.6 Å². The quantitative estimate of drug-likeness (QED) is 0.108. The van der Waals surface area contributed by atoms with E-state index in [2.05, 4.69) is 51.5 Å². The zero-order valence-electron chi connectivity index (χ0n) is 19.3. The highest BCUT2D eigenvalue weighted by Gasteiger charge is 2.29. The summed E-state index contributed by atoms with van der Waals surface area (Å²) in [6.07, 6.45) is 2.02. The van der Waals surface area contributed by atoms with Gasteiger partial charge in [0.15, 0.2) is 17.2 Å². The number of ether oxygens (including phenoxy) is 1. The van der Waals surface area contributed by atoms with Crippen LogP contribution in [-0.4, -0.2) is 49.7 Å². The van der Waals surface area contributed by atoms with Crippen LogP contribution in [0, 0.1) is 5.82 Å². The third-order valence-electron chi connectivity index (χ3n) is 4.91. The monoisotopic (exact) mass is 575 g/mol. The van der Waals surface area contributed by atoms with Crippen molar-refractivity contribution in [3.05, 3.63) is 34.2 Å². The topological polar surface area (TPSA) is 169 Å². The summed E-state index contributed by atoms with van der Waals surface area (Å²) in [5, 5.41) is 26.4. The second-order valence-electron chi connectivity index (χ2n) is 8.85. The highest BCUT2D eigenvalue weighted by atomic mass is 79.9. The number of oxime groups is 1. The minimum atomic E-state index is -1.77. The van der Waals surface area contributed by atoms with Crippen LogP contribution in [0.5, 0.6) is 0 Å². The summed E-state index contributed by atoms with van der Waals surface area (Å²) in [4.78, 5) is 11.7. The van der Waals surface area contributed by atoms with E-state index in [1.807, 2.05) is 0 Å². The standard InChI is InChI=1S/C20H27BrFN7O5S/c1-20(2,3)33-19(30)29-35(32)28-12-6-4-11(5-7-12)23-18-16(26-34-27-18)17(25-31)24-13-8-9-15(22)14(21)10-13/h8-12,28,31H,4-7H2,1-3H3,(H,23,27)(H,24,25)(H,29,30). The number of hydrogen-bond acceptors (Lipinski definition) is 10. The Balaban J connectivity index is 1.51. The summed E-state index contributed by atoms with van der Waals surface area (Å²) in [6.45, 7) is 5.17. The Labute approximate surface area is 213 Å². The first-order chi connectivity index (χ1) is 16.5. The molecule has 0 spiro atoms. The fraction of sp³-hybridized carbons (Fsp3) is 0.500. The van der Waals surface area contributed by atoms with Crippen molar-refractivity contribution in [3.63, 3.8) is 0 Å². The van der Waals surface area contributed by atoms with Gasteiger partial charge in [-0.15, -0.1) is 9.44 Å². The maximum Gasteiger partial charge on any atom is 0.451 e. The summed E-state index contributed by atoms with van der Waals surface area (Å²) < 4.78 is 41.0. The number of nitrogens with zero attached hydrogens (tertiary/aromatic N) is 3. The molecular weight excluding hydrogens is 549 g/mol. The number of amides is 1. The number of hydrogen-bond donors (Lipinski definition) is 5. The number of amidine groups is 1. The van der Waals surface area contributed by atoms with Gasteiger partial charge in [-0.25, -0.2) is 13.8 Å². The van der Waals surface area contributed by atoms with Crippen LogP contribution in [-0.2, 0) is 16.3 Å². The van der Waals surface area contributed by atoms with Gasteiger partial charge in [-0.05, 0) is 90.9 Å². The fourth-order valence-electron chi connectivity index (χ4n) is 3.39. The van der Waals surface area contributed by atoms with Gasteiger partial charge >= 0.3 is 6.09 Å². The molecule has 192 valence electrons. The fourth-order valence-corrected chi connectivity index (χ4v) is 4.55. The molecule has 1 aromatic heterocycles. The average molecular weight is 576 g/mol. The Morgan fingerprint density at radius 2 is 1.97 bits per heavy atom. The van der Waals surface area contributed by atoms with Gasteiger partial charge in [0.25, 0.3) is 0 Å². The number of nitrogens with one attached hydrogen (secondary N) is 4. The summed E-state index contributed by atoms with van der Waals surface area (Å²) >= 11 is 1.33. The summed E-state index contributed by atoms with van der Waals surface area (Å²) in [5.41, 5.74) is -0.0748. The van der Waals surface area contributed by atoms with Crippen LogP contribution in [0.3, 0.4) is 0 Å². The molecule has 1 atom stereocenters. The molecule has 1 heterocycles. The van der Waals surface area contributed by atoms with E-state index < -0.39 is 29.1 Å². The van der Waals surface area contributed by atoms with Crippen LogP contribution < -0.4 is 20.1 Å². The number of aromatic nitrogens is 2. The lowest BCUT2D eigenvalue weighted by Crippen LogP contribution is -2.48. The first kappa shape index (κ1) is 27.0. The molecule has 1 fully saturated rings. The Bertz CT molecular complexity index is 1040. The molecule has 12 nitrogen and oxygen atoms in total. The molecule has 0 radical (unpaired) electrons. The Morgan fingerprint density at radius 3 is 2.60 bits per heavy atom. The molecule has 1 saturated carbocycles. The summed E-state index contributed by atoms with van der Waals surface area (Å²) in [6, 6.07) is 4.15. The van der Waals surface area contributed by atoms with Crippen molar-refractivity contribution < 1.29 is 28.3 Å². The van der Waals surface area contributed by atoms with E-state index in [9.17, 15) is 18.9 Å². The van der Waals surface area contributed by atoms with E-state index in [1.54, 1.807) is 20.8 Å². The molecule has 0 aliphatic heterocycles. The SMILES string of the molecule is CC(C)(C)OC(=O)N[S+]([O-])NC1CCC(Nc2nonc2/C(=N/O)Nc2ccc(F)c(Br)c2)CC1. The minimum Gasteiger partial charge on any atom is -0.573 e. The smallest absolute Gasteiger partial charge is 0.451 e. The van der Waals surface area contributed by atoms with Crippen LogP contribution in [0.1, 0.15) is 52.1 Å². The summed E-state index contributed by atoms with van der Waals surface area (Å²) in [5.74, 6) is -0.192. The lowest BCUT2D eigenvalue weighted by molar-refractivity contribution is 0.0569. The lowest BCUT2D eigenvalue weighted by Gasteiger charge is -2.29. The number of anilines is 2. The predicted octanol–water partition coefficient (Wildman–Crippen LogP) is 3.64. The Kier molecular flexibility index (Phi) is 9.15. The van der Waals surface area contributed by atoms with Crippen molar-refractivity contribution in [1.82, 2.24) is 19.8 Å². The van der Waals surface area contributed by atoms with Crippen molar-refractivity contribution in [2.45, 2.75) is 64.1 Å². The predicted molar refractivity (Wildman–Crippen MR) is 131 cm³/mol. The van der Waals surface area contributed by atoms with E-state index >= 15 is 0 Å². The first-order valence-electron chi connectivity index (χ1n) is 10.7. The highest BCUT2D eigenvalue weighted by Crippen LogP contribution is 2.25. The zero-order chi connectivity index (χ0) is 25.6. The van der Waals surface area contributed by atoms with E-state index in [0.717, 1.165) is 0 Å². The molecule has 1 aliphatic carbocycles. The third kappa shape index (κ3) is 8.23. The lowest BCUT2D eigenvalue weighted by atomic mass is 9.92. The van der Waals surface area contributed by atoms with Gasteiger partial charge in [-0.1, -0.05) is 5.16 Å². The number of halogens is 2. The van der Waals surface area contributed by atoms with Crippen LogP contribution in [0.2, 0.25) is 0 Å². The van der Waals surface area contributed by atoms with Gasteiger partial charge < -0.3 is 25.1 Å². The highest BCUT2D eigenvalue weighted by molar-refractivity contribution is 9.10. The Hall–Kier alpha value is -2.62. The minimum absolute atomic E-state index is 0.00542. The van der Waals surface area contributed by atoms with Gasteiger partial charge in [-0.3, -0.25) is 0 Å². The van der Waals surface area contributed by atoms with Crippen LogP contribution in [0.15, 0.2) is 32.5 Å². The molecule has 5 N–H and O–H groups in total. The average Bonchev–Trinajstić information content (AvgIpc) is 3.22. The first-order valence-corrected chi connectivity index (χ1v) is 12.7. The molecule has 3 rings (SSSR count). The molecule has 0 bridgehead atoms. The molecule has 1 aliphatic rings. The molecule has 0 saturated heterocycles. The number of benzene rings is 1. The van der Waals surface area contributed by atoms with Gasteiger partial charge in [0.1, 0.15) is 11.4 Å². The van der Waals surface area contributed by atoms with Crippen molar-refractivity contribution in [1.29, 1.82) is 0 Å². The molecule has 35 heavy (non-hydrogen) atoms. The zero-order valence-corrected chi connectivity index (χ0v) is 21.7. The molecule has 1 amide bonds.